The summed E-state index contributed by atoms with van der Waals surface area (Å²) in [6.07, 6.45) is 11.7. The van der Waals surface area contributed by atoms with Crippen LogP contribution in [0.15, 0.2) is 12.2 Å². The first kappa shape index (κ1) is 24.7. The predicted molar refractivity (Wildman–Crippen MR) is 97.1 cm³/mol. The average molecular weight is 433 g/mol. The van der Waals surface area contributed by atoms with E-state index in [1.165, 1.54) is 25.7 Å². The van der Waals surface area contributed by atoms with Crippen LogP contribution in [0, 0.1) is 0 Å². The molecule has 5 heteroatoms. The van der Waals surface area contributed by atoms with Gasteiger partial charge in [-0.15, -0.1) is 0 Å². The minimum atomic E-state index is -1.15. The van der Waals surface area contributed by atoms with Gasteiger partial charge in [-0.25, -0.2) is 9.59 Å². The van der Waals surface area contributed by atoms with E-state index in [0.717, 1.165) is 37.8 Å². The van der Waals surface area contributed by atoms with Crippen LogP contribution >= 0.6 is 0 Å². The molecule has 4 nitrogen and oxygen atoms in total. The van der Waals surface area contributed by atoms with Gasteiger partial charge in [0.2, 0.25) is 0 Å². The predicted octanol–water partition coefficient (Wildman–Crippen LogP) is 4.88. The Hall–Kier alpha value is -0.521. The molecule has 0 aromatic rings. The number of ether oxygens (including phenoxy) is 1. The maximum atomic E-state index is 10.8. The quantitative estimate of drug-likeness (QED) is 0.195. The minimum absolute atomic E-state index is 0.149. The Bertz CT molecular complexity index is 297. The molecule has 0 aliphatic carbocycles. The van der Waals surface area contributed by atoms with Gasteiger partial charge >= 0.3 is 81.5 Å². The summed E-state index contributed by atoms with van der Waals surface area (Å²) in [5.74, 6) is -1.74. The number of carboxylic acid groups (broad SMARTS) is 1. The number of carboxylic acids is 1. The third-order valence-electron chi connectivity index (χ3n) is 3.02. The van der Waals surface area contributed by atoms with Gasteiger partial charge in [0.15, 0.2) is 0 Å². The van der Waals surface area contributed by atoms with Gasteiger partial charge in [-0.2, -0.15) is 0 Å². The van der Waals surface area contributed by atoms with Gasteiger partial charge in [0.1, 0.15) is 0 Å². The van der Waals surface area contributed by atoms with Gasteiger partial charge in [0.25, 0.3) is 0 Å². The molecular formula is C18H34O4Sn. The molecule has 0 aromatic carbocycles. The van der Waals surface area contributed by atoms with E-state index >= 15 is 0 Å². The zero-order valence-electron chi connectivity index (χ0n) is 15.1. The van der Waals surface area contributed by atoms with Crippen molar-refractivity contribution in [3.63, 3.8) is 0 Å². The molecule has 0 rings (SSSR count). The van der Waals surface area contributed by atoms with Gasteiger partial charge in [0.05, 0.1) is 6.61 Å². The number of carbonyl (C=O) groups is 2. The van der Waals surface area contributed by atoms with Crippen LogP contribution in [-0.2, 0) is 14.3 Å². The number of unbranched alkanes of at least 4 members (excludes halogenated alkanes) is 5. The van der Waals surface area contributed by atoms with Crippen molar-refractivity contribution in [2.45, 2.75) is 81.0 Å². The van der Waals surface area contributed by atoms with Gasteiger partial charge in [-0.05, 0) is 6.42 Å². The normalized spacial score (nSPS) is 10.2. The maximum absolute atomic E-state index is 10.8. The molecule has 0 aromatic heterocycles. The zero-order valence-corrected chi connectivity index (χ0v) is 18.0. The molecule has 0 heterocycles. The molecule has 0 atom stereocenters. The van der Waals surface area contributed by atoms with Crippen molar-refractivity contribution in [2.24, 2.45) is 0 Å². The number of hydrogen-bond acceptors (Lipinski definition) is 3. The fourth-order valence-electron chi connectivity index (χ4n) is 1.62. The van der Waals surface area contributed by atoms with E-state index in [1.54, 1.807) is 8.87 Å². The second kappa shape index (κ2) is 21.5. The summed E-state index contributed by atoms with van der Waals surface area (Å²) in [6.45, 7) is 7.04. The molecule has 0 bridgehead atoms. The van der Waals surface area contributed by atoms with E-state index in [1.807, 2.05) is 0 Å². The fourth-order valence-corrected chi connectivity index (χ4v) is 5.78. The monoisotopic (exact) mass is 434 g/mol. The number of carbonyl (C=O) groups excluding carboxylic acids is 1. The van der Waals surface area contributed by atoms with Crippen molar-refractivity contribution < 1.29 is 19.4 Å². The first-order chi connectivity index (χ1) is 11.1. The third kappa shape index (κ3) is 26.7. The van der Waals surface area contributed by atoms with Crippen molar-refractivity contribution in [3.8, 4) is 0 Å². The molecule has 0 unspecified atom stereocenters. The summed E-state index contributed by atoms with van der Waals surface area (Å²) in [5.41, 5.74) is 0. The summed E-state index contributed by atoms with van der Waals surface area (Å²) >= 11 is 0.149. The van der Waals surface area contributed by atoms with E-state index in [4.69, 9.17) is 9.84 Å². The third-order valence-corrected chi connectivity index (χ3v) is 7.05. The summed E-state index contributed by atoms with van der Waals surface area (Å²) in [6, 6.07) is 0. The molecule has 1 N–H and O–H groups in total. The molecule has 0 aliphatic heterocycles. The van der Waals surface area contributed by atoms with E-state index in [2.05, 4.69) is 20.8 Å². The molecule has 0 amide bonds. The molecule has 0 spiro atoms. The number of esters is 1. The average Bonchev–Trinajstić information content (AvgIpc) is 2.53. The van der Waals surface area contributed by atoms with E-state index in [0.29, 0.717) is 6.61 Å². The van der Waals surface area contributed by atoms with Gasteiger partial charge in [-0.1, -0.05) is 26.2 Å². The Morgan fingerprint density at radius 3 is 1.91 bits per heavy atom. The van der Waals surface area contributed by atoms with Crippen LogP contribution in [0.3, 0.4) is 0 Å². The second-order valence-corrected chi connectivity index (χ2v) is 9.64. The molecule has 0 saturated heterocycles. The van der Waals surface area contributed by atoms with Gasteiger partial charge in [0, 0.05) is 12.2 Å². The summed E-state index contributed by atoms with van der Waals surface area (Å²) < 4.78 is 8.00. The Kier molecular flexibility index (Phi) is 23.1. The van der Waals surface area contributed by atoms with Gasteiger partial charge in [-0.3, -0.25) is 0 Å². The van der Waals surface area contributed by atoms with E-state index < -0.39 is 11.9 Å². The molecule has 0 fully saturated rings. The number of hydrogen-bond donors (Lipinski definition) is 1. The summed E-state index contributed by atoms with van der Waals surface area (Å²) in [7, 11) is 0. The molecular weight excluding hydrogens is 399 g/mol. The Balaban J connectivity index is 0. The number of rotatable bonds is 13. The first-order valence-electron chi connectivity index (χ1n) is 8.86. The second-order valence-electron chi connectivity index (χ2n) is 5.36. The van der Waals surface area contributed by atoms with Crippen molar-refractivity contribution in [1.82, 2.24) is 0 Å². The Morgan fingerprint density at radius 2 is 1.43 bits per heavy atom. The van der Waals surface area contributed by atoms with Gasteiger partial charge < -0.3 is 9.84 Å². The van der Waals surface area contributed by atoms with Crippen LogP contribution in [0.2, 0.25) is 8.87 Å². The van der Waals surface area contributed by atoms with Crippen molar-refractivity contribution in [1.29, 1.82) is 0 Å². The van der Waals surface area contributed by atoms with Crippen LogP contribution in [0.4, 0.5) is 0 Å². The van der Waals surface area contributed by atoms with Crippen molar-refractivity contribution >= 4 is 33.1 Å². The SMILES string of the molecule is CCCCCCOC(=O)C=CC(=O)O.CCC[CH2][Sn][CH2]CCC. The van der Waals surface area contributed by atoms with Crippen LogP contribution in [0.1, 0.15) is 72.1 Å². The molecule has 0 aliphatic rings. The topological polar surface area (TPSA) is 63.6 Å². The van der Waals surface area contributed by atoms with Crippen molar-refractivity contribution in [3.05, 3.63) is 12.2 Å². The zero-order chi connectivity index (χ0) is 17.8. The summed E-state index contributed by atoms with van der Waals surface area (Å²) in [4.78, 5) is 20.8. The molecule has 2 radical (unpaired) electrons. The first-order valence-corrected chi connectivity index (χ1v) is 12.9. The Morgan fingerprint density at radius 1 is 0.870 bits per heavy atom. The van der Waals surface area contributed by atoms with Crippen molar-refractivity contribution in [2.75, 3.05) is 6.61 Å². The van der Waals surface area contributed by atoms with Crippen LogP contribution in [0.5, 0.6) is 0 Å². The van der Waals surface area contributed by atoms with E-state index in [9.17, 15) is 9.59 Å². The van der Waals surface area contributed by atoms with Crippen LogP contribution in [0.25, 0.3) is 0 Å². The summed E-state index contributed by atoms with van der Waals surface area (Å²) in [5, 5.41) is 8.21. The van der Waals surface area contributed by atoms with Crippen LogP contribution in [-0.4, -0.2) is 44.8 Å². The standard InChI is InChI=1S/C10H16O4.2C4H9.Sn/c1-2-3-4-5-8-14-10(13)7-6-9(11)12;2*1-3-4-2;/h6-7H,2-5,8H2,1H3,(H,11,12);2*1,3-4H2,2H3;. The fraction of sp³-hybridized carbons (Fsp3) is 0.778. The molecule has 23 heavy (non-hydrogen) atoms. The molecule has 134 valence electrons. The van der Waals surface area contributed by atoms with Crippen LogP contribution < -0.4 is 0 Å². The Labute approximate surface area is 152 Å². The molecule has 0 saturated carbocycles. The van der Waals surface area contributed by atoms with E-state index in [-0.39, 0.29) is 21.1 Å². The number of aliphatic carboxylic acids is 1.